The standard InChI is InChI=1S/C7H2ClO3/c8-5-2-1-4(3-9)6-7(5)11-10-6/h1-2H. The quantitative estimate of drug-likeness (QED) is 0.615. The van der Waals surface area contributed by atoms with Gasteiger partial charge in [0.1, 0.15) is 0 Å². The maximum atomic E-state index is 10.2. The highest BCUT2D eigenvalue weighted by Gasteiger charge is 2.13. The molecule has 0 saturated heterocycles. The fourth-order valence-electron chi connectivity index (χ4n) is 0.829. The summed E-state index contributed by atoms with van der Waals surface area (Å²) in [6, 6.07) is 3.08. The predicted octanol–water partition coefficient (Wildman–Crippen LogP) is 2.14. The molecular formula is C7H2ClO3. The minimum Gasteiger partial charge on any atom is -0.285 e. The molecule has 0 saturated carbocycles. The first-order valence-corrected chi connectivity index (χ1v) is 3.26. The van der Waals surface area contributed by atoms with Crippen LogP contribution < -0.4 is 0 Å². The van der Waals surface area contributed by atoms with Gasteiger partial charge in [0.25, 0.3) is 0 Å². The monoisotopic (exact) mass is 169 g/mol. The summed E-state index contributed by atoms with van der Waals surface area (Å²) in [5.74, 6) is 0. The summed E-state index contributed by atoms with van der Waals surface area (Å²) >= 11 is 5.66. The van der Waals surface area contributed by atoms with Gasteiger partial charge in [0.05, 0.1) is 10.6 Å². The molecule has 0 atom stereocenters. The van der Waals surface area contributed by atoms with Crippen molar-refractivity contribution >= 4 is 29.1 Å². The van der Waals surface area contributed by atoms with E-state index in [0.29, 0.717) is 21.8 Å². The van der Waals surface area contributed by atoms with E-state index in [2.05, 4.69) is 9.15 Å². The van der Waals surface area contributed by atoms with Crippen LogP contribution in [0.2, 0.25) is 5.02 Å². The lowest BCUT2D eigenvalue weighted by Gasteiger charge is -2.00. The smallest absolute Gasteiger partial charge is 0.244 e. The van der Waals surface area contributed by atoms with Crippen molar-refractivity contribution in [2.24, 2.45) is 0 Å². The zero-order valence-electron chi connectivity index (χ0n) is 5.26. The fraction of sp³-hybridized carbons (Fsp3) is 0. The van der Waals surface area contributed by atoms with Crippen molar-refractivity contribution in [2.75, 3.05) is 0 Å². The third-order valence-corrected chi connectivity index (χ3v) is 1.68. The molecule has 0 unspecified atom stereocenters. The van der Waals surface area contributed by atoms with Crippen LogP contribution in [-0.2, 0) is 4.79 Å². The van der Waals surface area contributed by atoms with Crippen LogP contribution in [0.4, 0.5) is 0 Å². The largest absolute Gasteiger partial charge is 0.285 e. The van der Waals surface area contributed by atoms with E-state index in [4.69, 9.17) is 11.6 Å². The van der Waals surface area contributed by atoms with Crippen LogP contribution in [-0.4, -0.2) is 6.29 Å². The second kappa shape index (κ2) is 2.13. The molecule has 1 aromatic heterocycles. The summed E-state index contributed by atoms with van der Waals surface area (Å²) in [6.07, 6.45) is 1.70. The number of hydrogen-bond acceptors (Lipinski definition) is 3. The summed E-state index contributed by atoms with van der Waals surface area (Å²) in [5, 5.41) is 0.435. The van der Waals surface area contributed by atoms with Crippen molar-refractivity contribution in [3.63, 3.8) is 0 Å². The SMILES string of the molecule is O=[C]c1ccc(Cl)c2ooc12. The van der Waals surface area contributed by atoms with E-state index in [1.54, 1.807) is 12.4 Å². The lowest BCUT2D eigenvalue weighted by Crippen LogP contribution is -1.86. The van der Waals surface area contributed by atoms with Crippen LogP contribution in [0.25, 0.3) is 11.2 Å². The summed E-state index contributed by atoms with van der Waals surface area (Å²) in [6.45, 7) is 0. The Kier molecular flexibility index (Phi) is 1.26. The fourth-order valence-corrected chi connectivity index (χ4v) is 1.01. The van der Waals surface area contributed by atoms with Gasteiger partial charge in [-0.05, 0) is 12.1 Å². The first-order valence-electron chi connectivity index (χ1n) is 2.88. The van der Waals surface area contributed by atoms with Crippen molar-refractivity contribution in [3.8, 4) is 0 Å². The van der Waals surface area contributed by atoms with Crippen molar-refractivity contribution in [1.82, 2.24) is 0 Å². The zero-order chi connectivity index (χ0) is 7.84. The minimum atomic E-state index is 0.329. The molecule has 0 N–H and O–H groups in total. The molecule has 0 spiro atoms. The molecule has 0 aliphatic heterocycles. The number of fused-ring (bicyclic) bond motifs is 1. The average molecular weight is 170 g/mol. The van der Waals surface area contributed by atoms with Crippen LogP contribution in [0.15, 0.2) is 21.3 Å². The molecule has 1 aromatic carbocycles. The summed E-state index contributed by atoms with van der Waals surface area (Å²) < 4.78 is 9.07. The Balaban J connectivity index is 2.79. The zero-order valence-corrected chi connectivity index (χ0v) is 6.01. The molecule has 2 rings (SSSR count). The van der Waals surface area contributed by atoms with Gasteiger partial charge in [-0.1, -0.05) is 11.6 Å². The van der Waals surface area contributed by atoms with E-state index >= 15 is 0 Å². The first kappa shape index (κ1) is 6.49. The van der Waals surface area contributed by atoms with Gasteiger partial charge in [-0.3, -0.25) is 13.9 Å². The van der Waals surface area contributed by atoms with Crippen LogP contribution >= 0.6 is 11.6 Å². The van der Waals surface area contributed by atoms with Gasteiger partial charge >= 0.3 is 0 Å². The van der Waals surface area contributed by atoms with E-state index in [1.807, 2.05) is 0 Å². The summed E-state index contributed by atoms with van der Waals surface area (Å²) in [4.78, 5) is 10.2. The van der Waals surface area contributed by atoms with Gasteiger partial charge in [0.2, 0.25) is 17.5 Å². The van der Waals surface area contributed by atoms with E-state index in [0.717, 1.165) is 0 Å². The molecule has 1 heterocycles. The van der Waals surface area contributed by atoms with Crippen molar-refractivity contribution < 1.29 is 13.9 Å². The maximum Gasteiger partial charge on any atom is 0.244 e. The Morgan fingerprint density at radius 1 is 1.27 bits per heavy atom. The molecule has 2 aromatic rings. The van der Waals surface area contributed by atoms with Crippen molar-refractivity contribution in [3.05, 3.63) is 22.7 Å². The summed E-state index contributed by atoms with van der Waals surface area (Å²) in [7, 11) is 0. The molecule has 3 nitrogen and oxygen atoms in total. The second-order valence-electron chi connectivity index (χ2n) is 2.02. The number of benzene rings is 1. The van der Waals surface area contributed by atoms with Crippen molar-refractivity contribution in [1.29, 1.82) is 0 Å². The molecule has 1 radical (unpaired) electrons. The van der Waals surface area contributed by atoms with Gasteiger partial charge < -0.3 is 0 Å². The number of carbonyl (C=O) groups excluding carboxylic acids is 1. The highest BCUT2D eigenvalue weighted by molar-refractivity contribution is 6.35. The van der Waals surface area contributed by atoms with E-state index < -0.39 is 0 Å². The molecule has 4 heteroatoms. The second-order valence-corrected chi connectivity index (χ2v) is 2.43. The number of hydrogen-bond donors (Lipinski definition) is 0. The molecule has 55 valence electrons. The molecule has 0 fully saturated rings. The topological polar surface area (TPSA) is 43.4 Å². The van der Waals surface area contributed by atoms with Gasteiger partial charge in [-0.15, -0.1) is 0 Å². The normalized spacial score (nSPS) is 10.6. The summed E-state index contributed by atoms with van der Waals surface area (Å²) in [5.41, 5.74) is 1.11. The molecule has 0 amide bonds. The number of halogens is 1. The third-order valence-electron chi connectivity index (χ3n) is 1.38. The lowest BCUT2D eigenvalue weighted by molar-refractivity contribution is 0.0588. The van der Waals surface area contributed by atoms with E-state index in [1.165, 1.54) is 6.07 Å². The Bertz CT molecular complexity index is 399. The molecule has 0 aliphatic carbocycles. The highest BCUT2D eigenvalue weighted by atomic mass is 35.5. The van der Waals surface area contributed by atoms with Crippen LogP contribution in [0.5, 0.6) is 0 Å². The minimum absolute atomic E-state index is 0.329. The van der Waals surface area contributed by atoms with Crippen LogP contribution in [0.1, 0.15) is 5.56 Å². The predicted molar refractivity (Wildman–Crippen MR) is 38.3 cm³/mol. The van der Waals surface area contributed by atoms with E-state index in [9.17, 15) is 4.79 Å². The Morgan fingerprint density at radius 2 is 2.00 bits per heavy atom. The maximum absolute atomic E-state index is 10.2. The third kappa shape index (κ3) is 0.778. The Labute approximate surface area is 66.5 Å². The van der Waals surface area contributed by atoms with Crippen LogP contribution in [0.3, 0.4) is 0 Å². The van der Waals surface area contributed by atoms with Gasteiger partial charge in [0.15, 0.2) is 0 Å². The molecule has 0 aliphatic rings. The van der Waals surface area contributed by atoms with Gasteiger partial charge in [-0.25, -0.2) is 0 Å². The number of rotatable bonds is 1. The Morgan fingerprint density at radius 3 is 2.55 bits per heavy atom. The highest BCUT2D eigenvalue weighted by Crippen LogP contribution is 2.28. The van der Waals surface area contributed by atoms with Crippen molar-refractivity contribution in [2.45, 2.75) is 0 Å². The molecule has 0 bridgehead atoms. The Hall–Kier alpha value is -1.22. The molecular weight excluding hydrogens is 168 g/mol. The van der Waals surface area contributed by atoms with Gasteiger partial charge in [0, 0.05) is 0 Å². The lowest BCUT2D eigenvalue weighted by atomic mass is 10.2. The van der Waals surface area contributed by atoms with Gasteiger partial charge in [-0.2, -0.15) is 0 Å². The molecule has 11 heavy (non-hydrogen) atoms. The first-order chi connectivity index (χ1) is 5.33. The van der Waals surface area contributed by atoms with Crippen LogP contribution in [0, 0.1) is 0 Å². The average Bonchev–Trinajstić information content (AvgIpc) is 1.93. The van der Waals surface area contributed by atoms with E-state index in [-0.39, 0.29) is 0 Å².